The number of aromatic nitrogens is 2. The van der Waals surface area contributed by atoms with Gasteiger partial charge in [-0.25, -0.2) is 4.79 Å². The molecule has 3 rings (SSSR count). The highest BCUT2D eigenvalue weighted by Crippen LogP contribution is 2.43. The van der Waals surface area contributed by atoms with E-state index in [0.29, 0.717) is 5.69 Å². The van der Waals surface area contributed by atoms with Crippen LogP contribution in [0.4, 0.5) is 0 Å². The smallest absolute Gasteiger partial charge is 0.341 e. The number of ether oxygens (including phenoxy) is 1. The summed E-state index contributed by atoms with van der Waals surface area (Å²) in [5.41, 5.74) is 4.49. The number of esters is 1. The molecule has 0 fully saturated rings. The van der Waals surface area contributed by atoms with E-state index in [1.165, 1.54) is 7.11 Å². The Morgan fingerprint density at radius 2 is 2.00 bits per heavy atom. The third-order valence-corrected chi connectivity index (χ3v) is 5.12. The van der Waals surface area contributed by atoms with Crippen molar-refractivity contribution in [3.05, 3.63) is 47.7 Å². The number of hydrogen-bond donors (Lipinski definition) is 1. The normalized spacial score (nSPS) is 17.5. The van der Waals surface area contributed by atoms with Crippen molar-refractivity contribution in [2.45, 2.75) is 39.2 Å². The Balaban J connectivity index is 2.18. The van der Waals surface area contributed by atoms with E-state index in [-0.39, 0.29) is 5.41 Å². The third kappa shape index (κ3) is 3.44. The van der Waals surface area contributed by atoms with Crippen LogP contribution in [-0.4, -0.2) is 28.0 Å². The highest BCUT2D eigenvalue weighted by atomic mass is 16.5. The number of benzene rings is 1. The largest absolute Gasteiger partial charge is 0.467 e. The number of aliphatic hydroxyl groups is 1. The van der Waals surface area contributed by atoms with Crippen molar-refractivity contribution < 1.29 is 14.6 Å². The summed E-state index contributed by atoms with van der Waals surface area (Å²) in [4.78, 5) is 12.0. The Labute approximate surface area is 154 Å². The molecule has 1 N–H and O–H groups in total. The minimum Gasteiger partial charge on any atom is -0.467 e. The number of allylic oxidation sites excluding steroid dienone is 2. The van der Waals surface area contributed by atoms with Crippen LogP contribution in [0, 0.1) is 5.41 Å². The first-order valence-corrected chi connectivity index (χ1v) is 8.91. The van der Waals surface area contributed by atoms with Gasteiger partial charge in [0.15, 0.2) is 6.10 Å². The van der Waals surface area contributed by atoms with E-state index >= 15 is 0 Å². The number of carbonyl (C=O) groups is 1. The number of nitrogens with zero attached hydrogens (tertiary/aromatic N) is 2. The van der Waals surface area contributed by atoms with Crippen molar-refractivity contribution in [3.8, 4) is 11.3 Å². The number of rotatable bonds is 4. The summed E-state index contributed by atoms with van der Waals surface area (Å²) >= 11 is 0. The summed E-state index contributed by atoms with van der Waals surface area (Å²) in [6, 6.07) is 9.87. The first-order chi connectivity index (χ1) is 12.3. The summed E-state index contributed by atoms with van der Waals surface area (Å²) in [5.74, 6) is -0.675. The van der Waals surface area contributed by atoms with Crippen LogP contribution in [-0.2, 0) is 16.6 Å². The molecular weight excluding hydrogens is 328 g/mol. The Bertz CT molecular complexity index is 834. The molecule has 1 aromatic carbocycles. The van der Waals surface area contributed by atoms with Crippen LogP contribution in [0.3, 0.4) is 0 Å². The molecule has 1 atom stereocenters. The number of aliphatic hydroxyl groups excluding tert-OH is 1. The van der Waals surface area contributed by atoms with Crippen molar-refractivity contribution >= 4 is 11.5 Å². The summed E-state index contributed by atoms with van der Waals surface area (Å²) in [6.07, 6.45) is 3.76. The van der Waals surface area contributed by atoms with Gasteiger partial charge in [0, 0.05) is 18.2 Å². The molecule has 2 aromatic rings. The molecule has 0 spiro atoms. The predicted octanol–water partition coefficient (Wildman–Crippen LogP) is 3.89. The lowest BCUT2D eigenvalue weighted by Crippen LogP contribution is -2.19. The van der Waals surface area contributed by atoms with Gasteiger partial charge in [-0.2, -0.15) is 5.10 Å². The summed E-state index contributed by atoms with van der Waals surface area (Å²) < 4.78 is 6.36. The SMILES string of the molecule is COC(=O)C(O)c1c(C2=CCC(C)(C)CC2)c(-c2ccccc2)nn1C. The number of hydrogen-bond acceptors (Lipinski definition) is 4. The zero-order valence-corrected chi connectivity index (χ0v) is 15.8. The molecule has 0 saturated carbocycles. The average molecular weight is 354 g/mol. The van der Waals surface area contributed by atoms with Crippen LogP contribution in [0.25, 0.3) is 16.8 Å². The molecule has 1 aromatic heterocycles. The maximum atomic E-state index is 12.0. The van der Waals surface area contributed by atoms with E-state index in [2.05, 4.69) is 25.0 Å². The fourth-order valence-corrected chi connectivity index (χ4v) is 3.49. The molecule has 1 unspecified atom stereocenters. The van der Waals surface area contributed by atoms with Gasteiger partial charge in [0.2, 0.25) is 0 Å². The Kier molecular flexibility index (Phi) is 5.01. The molecule has 1 heterocycles. The molecule has 1 aliphatic carbocycles. The summed E-state index contributed by atoms with van der Waals surface area (Å²) in [5, 5.41) is 15.2. The molecule has 0 aliphatic heterocycles. The lowest BCUT2D eigenvalue weighted by molar-refractivity contribution is -0.151. The fraction of sp³-hybridized carbons (Fsp3) is 0.429. The fourth-order valence-electron chi connectivity index (χ4n) is 3.49. The van der Waals surface area contributed by atoms with Gasteiger partial charge < -0.3 is 9.84 Å². The molecule has 0 radical (unpaired) electrons. The quantitative estimate of drug-likeness (QED) is 0.846. The van der Waals surface area contributed by atoms with Crippen LogP contribution >= 0.6 is 0 Å². The van der Waals surface area contributed by atoms with Crippen LogP contribution in [0.2, 0.25) is 0 Å². The van der Waals surface area contributed by atoms with Gasteiger partial charge in [-0.05, 0) is 30.3 Å². The molecule has 0 saturated heterocycles. The van der Waals surface area contributed by atoms with Gasteiger partial charge in [-0.1, -0.05) is 50.3 Å². The van der Waals surface area contributed by atoms with Crippen LogP contribution in [0.5, 0.6) is 0 Å². The van der Waals surface area contributed by atoms with Gasteiger partial charge in [0.25, 0.3) is 0 Å². The lowest BCUT2D eigenvalue weighted by Gasteiger charge is -2.29. The Morgan fingerprint density at radius 3 is 2.58 bits per heavy atom. The second kappa shape index (κ2) is 7.08. The summed E-state index contributed by atoms with van der Waals surface area (Å²) in [7, 11) is 3.03. The Morgan fingerprint density at radius 1 is 1.31 bits per heavy atom. The molecule has 5 heteroatoms. The van der Waals surface area contributed by atoms with E-state index in [9.17, 15) is 9.90 Å². The zero-order valence-electron chi connectivity index (χ0n) is 15.8. The van der Waals surface area contributed by atoms with E-state index in [1.807, 2.05) is 30.3 Å². The van der Waals surface area contributed by atoms with Gasteiger partial charge in [-0.15, -0.1) is 0 Å². The first kappa shape index (κ1) is 18.4. The van der Waals surface area contributed by atoms with Crippen LogP contribution in [0.1, 0.15) is 50.5 Å². The lowest BCUT2D eigenvalue weighted by atomic mass is 9.76. The van der Waals surface area contributed by atoms with E-state index in [4.69, 9.17) is 4.74 Å². The molecule has 0 bridgehead atoms. The molecule has 26 heavy (non-hydrogen) atoms. The zero-order chi connectivity index (χ0) is 18.9. The third-order valence-electron chi connectivity index (χ3n) is 5.12. The van der Waals surface area contributed by atoms with Crippen molar-refractivity contribution in [2.24, 2.45) is 12.5 Å². The molecule has 138 valence electrons. The maximum absolute atomic E-state index is 12.0. The number of methoxy groups -OCH3 is 1. The topological polar surface area (TPSA) is 64.3 Å². The maximum Gasteiger partial charge on any atom is 0.341 e. The molecule has 1 aliphatic rings. The van der Waals surface area contributed by atoms with Crippen molar-refractivity contribution in [1.82, 2.24) is 9.78 Å². The molecule has 0 amide bonds. The minimum absolute atomic E-state index is 0.264. The second-order valence-electron chi connectivity index (χ2n) is 7.62. The number of carbonyl (C=O) groups excluding carboxylic acids is 1. The van der Waals surface area contributed by atoms with E-state index in [1.54, 1.807) is 11.7 Å². The highest BCUT2D eigenvalue weighted by molar-refractivity contribution is 5.85. The van der Waals surface area contributed by atoms with Crippen molar-refractivity contribution in [1.29, 1.82) is 0 Å². The van der Waals surface area contributed by atoms with Gasteiger partial charge in [0.1, 0.15) is 5.69 Å². The van der Waals surface area contributed by atoms with Crippen LogP contribution < -0.4 is 0 Å². The van der Waals surface area contributed by atoms with E-state index < -0.39 is 12.1 Å². The predicted molar refractivity (Wildman–Crippen MR) is 101 cm³/mol. The highest BCUT2D eigenvalue weighted by Gasteiger charge is 2.32. The monoisotopic (exact) mass is 354 g/mol. The van der Waals surface area contributed by atoms with Gasteiger partial charge in [-0.3, -0.25) is 4.68 Å². The Hall–Kier alpha value is -2.40. The van der Waals surface area contributed by atoms with Crippen molar-refractivity contribution in [2.75, 3.05) is 7.11 Å². The summed E-state index contributed by atoms with van der Waals surface area (Å²) in [6.45, 7) is 4.51. The molecule has 5 nitrogen and oxygen atoms in total. The molecular formula is C21H26N2O3. The second-order valence-corrected chi connectivity index (χ2v) is 7.62. The number of aryl methyl sites for hydroxylation is 1. The van der Waals surface area contributed by atoms with Crippen LogP contribution in [0.15, 0.2) is 36.4 Å². The first-order valence-electron chi connectivity index (χ1n) is 8.91. The van der Waals surface area contributed by atoms with E-state index in [0.717, 1.165) is 41.7 Å². The van der Waals surface area contributed by atoms with Gasteiger partial charge in [0.05, 0.1) is 12.8 Å². The standard InChI is InChI=1S/C21H26N2O3/c1-21(2)12-10-14(11-13-21)16-17(15-8-6-5-7-9-15)22-23(3)18(16)19(24)20(25)26-4/h5-10,19,24H,11-13H2,1-4H3. The van der Waals surface area contributed by atoms with Gasteiger partial charge >= 0.3 is 5.97 Å². The minimum atomic E-state index is -1.36. The average Bonchev–Trinajstić information content (AvgIpc) is 2.98. The van der Waals surface area contributed by atoms with Crippen molar-refractivity contribution in [3.63, 3.8) is 0 Å².